The van der Waals surface area contributed by atoms with Crippen LogP contribution >= 0.6 is 0 Å². The van der Waals surface area contributed by atoms with Crippen molar-refractivity contribution >= 4 is 22.5 Å². The number of carbonyl (C=O) groups excluding carboxylic acids is 1. The average Bonchev–Trinajstić information content (AvgIpc) is 3.65. The fourth-order valence-corrected chi connectivity index (χ4v) is 4.32. The molecule has 6 heteroatoms. The molecule has 0 saturated heterocycles. The third kappa shape index (κ3) is 5.26. The number of anilines is 1. The predicted octanol–water partition coefficient (Wildman–Crippen LogP) is 5.66. The molecule has 1 aliphatic rings. The molecule has 1 saturated carbocycles. The van der Waals surface area contributed by atoms with Crippen molar-refractivity contribution in [2.45, 2.75) is 46.1 Å². The van der Waals surface area contributed by atoms with Crippen molar-refractivity contribution in [2.75, 3.05) is 32.1 Å². The maximum absolute atomic E-state index is 12.1. The number of rotatable bonds is 11. The molecule has 34 heavy (non-hydrogen) atoms. The van der Waals surface area contributed by atoms with Crippen molar-refractivity contribution in [1.82, 2.24) is 9.47 Å². The quantitative estimate of drug-likeness (QED) is 0.403. The zero-order valence-electron chi connectivity index (χ0n) is 20.4. The number of fused-ring (bicyclic) bond motifs is 1. The number of amides is 1. The van der Waals surface area contributed by atoms with Crippen LogP contribution in [0.2, 0.25) is 0 Å². The minimum atomic E-state index is 0.0947. The number of benzene rings is 2. The van der Waals surface area contributed by atoms with Gasteiger partial charge < -0.3 is 19.5 Å². The van der Waals surface area contributed by atoms with Crippen LogP contribution in [0.15, 0.2) is 42.5 Å². The van der Waals surface area contributed by atoms with Gasteiger partial charge >= 0.3 is 0 Å². The van der Waals surface area contributed by atoms with Gasteiger partial charge in [-0.1, -0.05) is 25.5 Å². The van der Waals surface area contributed by atoms with Crippen molar-refractivity contribution in [3.05, 3.63) is 48.0 Å². The summed E-state index contributed by atoms with van der Waals surface area (Å²) in [4.78, 5) is 14.4. The summed E-state index contributed by atoms with van der Waals surface area (Å²) in [5.41, 5.74) is 4.31. The largest absolute Gasteiger partial charge is 0.492 e. The first-order valence-corrected chi connectivity index (χ1v) is 12.3. The van der Waals surface area contributed by atoms with Gasteiger partial charge in [-0.3, -0.25) is 4.79 Å². The number of hydrogen-bond donors (Lipinski definition) is 1. The van der Waals surface area contributed by atoms with Crippen LogP contribution in [0.25, 0.3) is 22.2 Å². The lowest BCUT2D eigenvalue weighted by molar-refractivity contribution is -0.117. The van der Waals surface area contributed by atoms with E-state index in [-0.39, 0.29) is 11.8 Å². The molecule has 0 bridgehead atoms. The predicted molar refractivity (Wildman–Crippen MR) is 137 cm³/mol. The second kappa shape index (κ2) is 10.8. The lowest BCUT2D eigenvalue weighted by Gasteiger charge is -2.16. The highest BCUT2D eigenvalue weighted by atomic mass is 16.5. The molecule has 1 heterocycles. The first kappa shape index (κ1) is 23.8. The summed E-state index contributed by atoms with van der Waals surface area (Å²) >= 11 is 0. The Kier molecular flexibility index (Phi) is 7.54. The molecule has 0 unspecified atom stereocenters. The van der Waals surface area contributed by atoms with E-state index >= 15 is 0 Å². The number of nitriles is 1. The zero-order valence-corrected chi connectivity index (χ0v) is 20.4. The normalized spacial score (nSPS) is 13.3. The van der Waals surface area contributed by atoms with Gasteiger partial charge in [0, 0.05) is 36.1 Å². The zero-order chi connectivity index (χ0) is 24.1. The third-order valence-electron chi connectivity index (χ3n) is 6.47. The van der Waals surface area contributed by atoms with Crippen molar-refractivity contribution in [3.8, 4) is 23.1 Å². The Balaban J connectivity index is 1.57. The molecule has 0 spiro atoms. The van der Waals surface area contributed by atoms with Gasteiger partial charge in [0.05, 0.1) is 16.8 Å². The molecule has 2 aromatic carbocycles. The average molecular weight is 459 g/mol. The third-order valence-corrected chi connectivity index (χ3v) is 6.47. The Hall–Kier alpha value is -3.30. The van der Waals surface area contributed by atoms with Gasteiger partial charge in [-0.25, -0.2) is 0 Å². The van der Waals surface area contributed by atoms with Gasteiger partial charge in [-0.05, 0) is 69.6 Å². The summed E-state index contributed by atoms with van der Waals surface area (Å²) in [5.74, 6) is 1.08. The summed E-state index contributed by atoms with van der Waals surface area (Å²) in [7, 11) is 2.12. The Morgan fingerprint density at radius 1 is 1.18 bits per heavy atom. The van der Waals surface area contributed by atoms with Crippen LogP contribution in [0.5, 0.6) is 5.75 Å². The summed E-state index contributed by atoms with van der Waals surface area (Å²) in [6, 6.07) is 16.2. The molecule has 6 nitrogen and oxygen atoms in total. The fraction of sp³-hybridized carbons (Fsp3) is 0.429. The van der Waals surface area contributed by atoms with E-state index in [1.54, 1.807) is 0 Å². The first-order chi connectivity index (χ1) is 16.5. The van der Waals surface area contributed by atoms with Crippen molar-refractivity contribution in [2.24, 2.45) is 5.92 Å². The van der Waals surface area contributed by atoms with Gasteiger partial charge in [0.15, 0.2) is 0 Å². The number of ether oxygens (including phenoxy) is 1. The maximum atomic E-state index is 12.1. The SMILES string of the molecule is CCCCN(C)CCOc1ccc2c(C#N)c(-c3ccc(NC(=O)C4CC4)cc3)n(CC)c2c1. The van der Waals surface area contributed by atoms with Crippen LogP contribution < -0.4 is 10.1 Å². The van der Waals surface area contributed by atoms with Gasteiger partial charge in [0.2, 0.25) is 5.91 Å². The van der Waals surface area contributed by atoms with Crippen LogP contribution in [-0.2, 0) is 11.3 Å². The number of aromatic nitrogens is 1. The molecule has 0 aliphatic heterocycles. The van der Waals surface area contributed by atoms with Crippen LogP contribution in [0.3, 0.4) is 0 Å². The molecule has 1 amide bonds. The number of nitrogens with one attached hydrogen (secondary N) is 1. The Bertz CT molecular complexity index is 1190. The number of unbranched alkanes of at least 4 members (excludes halogenated alkanes) is 1. The van der Waals surface area contributed by atoms with E-state index in [0.717, 1.165) is 66.1 Å². The molecule has 1 aromatic heterocycles. The number of hydrogen-bond acceptors (Lipinski definition) is 4. The van der Waals surface area contributed by atoms with Crippen LogP contribution in [0.4, 0.5) is 5.69 Å². The second-order valence-electron chi connectivity index (χ2n) is 9.10. The van der Waals surface area contributed by atoms with E-state index in [2.05, 4.69) is 41.7 Å². The lowest BCUT2D eigenvalue weighted by atomic mass is 10.1. The molecule has 3 aromatic rings. The lowest BCUT2D eigenvalue weighted by Crippen LogP contribution is -2.25. The molecule has 1 fully saturated rings. The summed E-state index contributed by atoms with van der Waals surface area (Å²) in [5, 5.41) is 13.9. The molecule has 0 atom stereocenters. The van der Waals surface area contributed by atoms with Gasteiger partial charge in [0.25, 0.3) is 0 Å². The fourth-order valence-electron chi connectivity index (χ4n) is 4.32. The Morgan fingerprint density at radius 2 is 1.94 bits per heavy atom. The number of nitrogens with zero attached hydrogens (tertiary/aromatic N) is 3. The van der Waals surface area contributed by atoms with Crippen molar-refractivity contribution < 1.29 is 9.53 Å². The van der Waals surface area contributed by atoms with E-state index in [4.69, 9.17) is 4.74 Å². The summed E-state index contributed by atoms with van der Waals surface area (Å²) < 4.78 is 8.22. The Morgan fingerprint density at radius 3 is 2.59 bits per heavy atom. The van der Waals surface area contributed by atoms with E-state index in [0.29, 0.717) is 12.2 Å². The van der Waals surface area contributed by atoms with E-state index in [1.807, 2.05) is 42.5 Å². The van der Waals surface area contributed by atoms with Gasteiger partial charge in [-0.15, -0.1) is 0 Å². The minimum absolute atomic E-state index is 0.0947. The van der Waals surface area contributed by atoms with E-state index < -0.39 is 0 Å². The maximum Gasteiger partial charge on any atom is 0.227 e. The molecule has 178 valence electrons. The highest BCUT2D eigenvalue weighted by Crippen LogP contribution is 2.36. The molecule has 0 radical (unpaired) electrons. The topological polar surface area (TPSA) is 70.3 Å². The molecular formula is C28H34N4O2. The van der Waals surface area contributed by atoms with E-state index in [1.165, 1.54) is 12.8 Å². The first-order valence-electron chi connectivity index (χ1n) is 12.3. The number of carbonyl (C=O) groups is 1. The highest BCUT2D eigenvalue weighted by molar-refractivity contribution is 5.96. The number of likely N-dealkylation sites (N-methyl/N-ethyl adjacent to an activating group) is 1. The second-order valence-corrected chi connectivity index (χ2v) is 9.10. The van der Waals surface area contributed by atoms with E-state index in [9.17, 15) is 10.1 Å². The summed E-state index contributed by atoms with van der Waals surface area (Å²) in [6.45, 7) is 7.61. The van der Waals surface area contributed by atoms with Crippen LogP contribution in [-0.4, -0.2) is 42.1 Å². The monoisotopic (exact) mass is 458 g/mol. The summed E-state index contributed by atoms with van der Waals surface area (Å²) in [6.07, 6.45) is 4.35. The Labute approximate surface area is 202 Å². The molecule has 4 rings (SSSR count). The van der Waals surface area contributed by atoms with Crippen molar-refractivity contribution in [3.63, 3.8) is 0 Å². The highest BCUT2D eigenvalue weighted by Gasteiger charge is 2.29. The van der Waals surface area contributed by atoms with Gasteiger partial charge in [0.1, 0.15) is 18.4 Å². The van der Waals surface area contributed by atoms with Crippen LogP contribution in [0.1, 0.15) is 45.1 Å². The standard InChI is InChI=1S/C28H34N4O2/c1-4-6-15-31(3)16-17-34-23-13-14-24-25(19-29)27(32(5-2)26(24)18-23)20-9-11-22(12-10-20)30-28(33)21-7-8-21/h9-14,18,21H,4-8,15-17H2,1-3H3,(H,30,33). The molecule has 1 aliphatic carbocycles. The molecule has 1 N–H and O–H groups in total. The smallest absolute Gasteiger partial charge is 0.227 e. The number of aryl methyl sites for hydroxylation is 1. The van der Waals surface area contributed by atoms with Crippen LogP contribution in [0, 0.1) is 17.2 Å². The van der Waals surface area contributed by atoms with Crippen molar-refractivity contribution in [1.29, 1.82) is 5.26 Å². The van der Waals surface area contributed by atoms with Gasteiger partial charge in [-0.2, -0.15) is 5.26 Å². The molecular weight excluding hydrogens is 424 g/mol. The minimum Gasteiger partial charge on any atom is -0.492 e.